The molecule has 1 atom stereocenters. The zero-order chi connectivity index (χ0) is 17.2. The van der Waals surface area contributed by atoms with Gasteiger partial charge in [0.25, 0.3) is 0 Å². The highest BCUT2D eigenvalue weighted by atomic mass is 16.5. The summed E-state index contributed by atoms with van der Waals surface area (Å²) in [7, 11) is 0. The van der Waals surface area contributed by atoms with Crippen LogP contribution >= 0.6 is 0 Å². The number of rotatable bonds is 3. The fourth-order valence-electron chi connectivity index (χ4n) is 4.14. The van der Waals surface area contributed by atoms with Gasteiger partial charge in [0.1, 0.15) is 6.04 Å². The van der Waals surface area contributed by atoms with E-state index in [-0.39, 0.29) is 17.9 Å². The van der Waals surface area contributed by atoms with E-state index in [9.17, 15) is 4.79 Å². The molecule has 1 saturated carbocycles. The third-order valence-electron chi connectivity index (χ3n) is 5.49. The van der Waals surface area contributed by atoms with Crippen molar-refractivity contribution in [1.29, 1.82) is 0 Å². The molecule has 4 rings (SSSR count). The molecule has 2 aliphatic rings. The third-order valence-corrected chi connectivity index (χ3v) is 5.49. The van der Waals surface area contributed by atoms with Crippen LogP contribution in [-0.2, 0) is 4.79 Å². The molecule has 25 heavy (non-hydrogen) atoms. The van der Waals surface area contributed by atoms with Crippen LogP contribution in [0.15, 0.2) is 28.8 Å². The van der Waals surface area contributed by atoms with E-state index in [2.05, 4.69) is 10.1 Å². The van der Waals surface area contributed by atoms with Crippen LogP contribution in [0.1, 0.15) is 62.4 Å². The lowest BCUT2D eigenvalue weighted by molar-refractivity contribution is -0.138. The average Bonchev–Trinajstić information content (AvgIpc) is 3.31. The van der Waals surface area contributed by atoms with Crippen molar-refractivity contribution < 1.29 is 9.32 Å². The molecule has 1 aliphatic carbocycles. The summed E-state index contributed by atoms with van der Waals surface area (Å²) >= 11 is 0. The van der Waals surface area contributed by atoms with E-state index in [1.807, 2.05) is 36.1 Å². The van der Waals surface area contributed by atoms with Gasteiger partial charge in [-0.15, -0.1) is 0 Å². The monoisotopic (exact) mass is 339 g/mol. The molecule has 2 aromatic rings. The highest BCUT2D eigenvalue weighted by Crippen LogP contribution is 2.35. The maximum absolute atomic E-state index is 12.9. The van der Waals surface area contributed by atoms with Gasteiger partial charge in [0, 0.05) is 18.0 Å². The fraction of sp³-hybridized carbons (Fsp3) is 0.550. The van der Waals surface area contributed by atoms with E-state index in [0.717, 1.165) is 37.8 Å². The Bertz CT molecular complexity index is 749. The summed E-state index contributed by atoms with van der Waals surface area (Å²) in [4.78, 5) is 19.5. The largest absolute Gasteiger partial charge is 0.337 e. The van der Waals surface area contributed by atoms with Crippen molar-refractivity contribution in [2.45, 2.75) is 57.9 Å². The van der Waals surface area contributed by atoms with Crippen molar-refractivity contribution in [3.8, 4) is 11.4 Å². The predicted octanol–water partition coefficient (Wildman–Crippen LogP) is 4.29. The number of hydrogen-bond donors (Lipinski definition) is 0. The Hall–Kier alpha value is -2.17. The van der Waals surface area contributed by atoms with Gasteiger partial charge in [-0.05, 0) is 38.7 Å². The quantitative estimate of drug-likeness (QED) is 0.837. The number of carbonyl (C=O) groups is 1. The molecule has 0 N–H and O–H groups in total. The number of hydrogen-bond acceptors (Lipinski definition) is 4. The number of benzene rings is 1. The van der Waals surface area contributed by atoms with Crippen LogP contribution in [0.4, 0.5) is 0 Å². The number of carbonyl (C=O) groups excluding carboxylic acids is 1. The predicted molar refractivity (Wildman–Crippen MR) is 94.7 cm³/mol. The first-order valence-electron chi connectivity index (χ1n) is 9.43. The molecule has 1 saturated heterocycles. The summed E-state index contributed by atoms with van der Waals surface area (Å²) in [5.41, 5.74) is 2.12. The molecule has 2 heterocycles. The Morgan fingerprint density at radius 1 is 1.16 bits per heavy atom. The van der Waals surface area contributed by atoms with E-state index in [1.54, 1.807) is 0 Å². The van der Waals surface area contributed by atoms with Gasteiger partial charge in [0.15, 0.2) is 0 Å². The zero-order valence-corrected chi connectivity index (χ0v) is 14.8. The molecular formula is C20H25N3O2. The van der Waals surface area contributed by atoms with Crippen molar-refractivity contribution >= 4 is 5.91 Å². The minimum absolute atomic E-state index is 0.0551. The maximum Gasteiger partial charge on any atom is 0.249 e. The lowest BCUT2D eigenvalue weighted by Crippen LogP contribution is -2.36. The molecule has 0 unspecified atom stereocenters. The molecule has 1 aromatic carbocycles. The van der Waals surface area contributed by atoms with E-state index in [1.165, 1.54) is 24.8 Å². The molecule has 132 valence electrons. The maximum atomic E-state index is 12.9. The van der Waals surface area contributed by atoms with Gasteiger partial charge >= 0.3 is 0 Å². The minimum atomic E-state index is -0.0551. The van der Waals surface area contributed by atoms with Gasteiger partial charge in [-0.1, -0.05) is 48.2 Å². The molecule has 2 fully saturated rings. The highest BCUT2D eigenvalue weighted by Gasteiger charge is 2.37. The van der Waals surface area contributed by atoms with Crippen molar-refractivity contribution in [1.82, 2.24) is 15.0 Å². The van der Waals surface area contributed by atoms with Crippen LogP contribution in [0, 0.1) is 12.8 Å². The van der Waals surface area contributed by atoms with Gasteiger partial charge in [0.05, 0.1) is 0 Å². The average molecular weight is 339 g/mol. The Labute approximate surface area is 148 Å². The summed E-state index contributed by atoms with van der Waals surface area (Å²) in [5, 5.41) is 4.15. The summed E-state index contributed by atoms with van der Waals surface area (Å²) in [6.45, 7) is 2.86. The number of aryl methyl sites for hydroxylation is 1. The molecular weight excluding hydrogens is 314 g/mol. The molecule has 0 bridgehead atoms. The smallest absolute Gasteiger partial charge is 0.249 e. The Morgan fingerprint density at radius 2 is 2.00 bits per heavy atom. The van der Waals surface area contributed by atoms with Gasteiger partial charge in [0.2, 0.25) is 17.6 Å². The van der Waals surface area contributed by atoms with Gasteiger partial charge in [-0.3, -0.25) is 4.79 Å². The van der Waals surface area contributed by atoms with E-state index in [0.29, 0.717) is 11.7 Å². The van der Waals surface area contributed by atoms with Crippen LogP contribution in [-0.4, -0.2) is 27.5 Å². The van der Waals surface area contributed by atoms with Gasteiger partial charge in [-0.25, -0.2) is 0 Å². The molecule has 1 aliphatic heterocycles. The van der Waals surface area contributed by atoms with E-state index in [4.69, 9.17) is 4.52 Å². The Balaban J connectivity index is 1.53. The van der Waals surface area contributed by atoms with Crippen molar-refractivity contribution in [2.24, 2.45) is 5.92 Å². The minimum Gasteiger partial charge on any atom is -0.337 e. The highest BCUT2D eigenvalue weighted by molar-refractivity contribution is 5.79. The summed E-state index contributed by atoms with van der Waals surface area (Å²) in [6.07, 6.45) is 7.58. The second kappa shape index (κ2) is 6.98. The van der Waals surface area contributed by atoms with Crippen LogP contribution in [0.2, 0.25) is 0 Å². The summed E-state index contributed by atoms with van der Waals surface area (Å²) in [6, 6.07) is 8.02. The van der Waals surface area contributed by atoms with Gasteiger partial charge in [-0.2, -0.15) is 4.98 Å². The van der Waals surface area contributed by atoms with Crippen LogP contribution in [0.5, 0.6) is 0 Å². The molecule has 5 nitrogen and oxygen atoms in total. The summed E-state index contributed by atoms with van der Waals surface area (Å²) in [5.74, 6) is 1.67. The zero-order valence-electron chi connectivity index (χ0n) is 14.8. The number of likely N-dealkylation sites (tertiary alicyclic amines) is 1. The Kier molecular flexibility index (Phi) is 4.55. The van der Waals surface area contributed by atoms with Crippen LogP contribution in [0.25, 0.3) is 11.4 Å². The number of amides is 1. The standard InChI is InChI=1S/C20H25N3O2/c1-14-7-5-10-16(13-14)18-21-19(25-22-18)17-11-6-12-23(17)20(24)15-8-3-2-4-9-15/h5,7,10,13,15,17H,2-4,6,8-9,11-12H2,1H3/t17-/m1/s1. The van der Waals surface area contributed by atoms with Crippen molar-refractivity contribution in [2.75, 3.05) is 6.54 Å². The van der Waals surface area contributed by atoms with Crippen LogP contribution < -0.4 is 0 Å². The molecule has 5 heteroatoms. The first kappa shape index (κ1) is 16.3. The molecule has 1 amide bonds. The normalized spacial score (nSPS) is 21.6. The second-order valence-electron chi connectivity index (χ2n) is 7.35. The summed E-state index contributed by atoms with van der Waals surface area (Å²) < 4.78 is 5.56. The van der Waals surface area contributed by atoms with Crippen LogP contribution in [0.3, 0.4) is 0 Å². The lowest BCUT2D eigenvalue weighted by Gasteiger charge is -2.29. The topological polar surface area (TPSA) is 59.2 Å². The Morgan fingerprint density at radius 3 is 2.80 bits per heavy atom. The third kappa shape index (κ3) is 3.32. The molecule has 0 radical (unpaired) electrons. The van der Waals surface area contributed by atoms with E-state index < -0.39 is 0 Å². The van der Waals surface area contributed by atoms with Crippen molar-refractivity contribution in [3.05, 3.63) is 35.7 Å². The lowest BCUT2D eigenvalue weighted by atomic mass is 9.88. The molecule has 1 aromatic heterocycles. The molecule has 0 spiro atoms. The first-order valence-corrected chi connectivity index (χ1v) is 9.43. The SMILES string of the molecule is Cc1cccc(-c2noc([C@H]3CCCN3C(=O)C3CCCCC3)n2)c1. The first-order chi connectivity index (χ1) is 12.2. The number of nitrogens with zero attached hydrogens (tertiary/aromatic N) is 3. The second-order valence-corrected chi connectivity index (χ2v) is 7.35. The van der Waals surface area contributed by atoms with Crippen molar-refractivity contribution in [3.63, 3.8) is 0 Å². The number of aromatic nitrogens is 2. The van der Waals surface area contributed by atoms with Gasteiger partial charge < -0.3 is 9.42 Å². The van der Waals surface area contributed by atoms with E-state index >= 15 is 0 Å². The fourth-order valence-corrected chi connectivity index (χ4v) is 4.14.